The average molecular weight is 187 g/mol. The second-order valence-electron chi connectivity index (χ2n) is 2.31. The Balaban J connectivity index is 4.13. The second-order valence-corrected chi connectivity index (χ2v) is 2.31. The molecule has 5 heteroatoms. The molecule has 13 heavy (non-hydrogen) atoms. The van der Waals surface area contributed by atoms with Gasteiger partial charge in [-0.1, -0.05) is 0 Å². The number of likely N-dealkylation sites (N-methyl/N-ethyl adjacent to an activating group) is 1. The Kier molecular flexibility index (Phi) is 5.54. The Bertz CT molecular complexity index is 212. The van der Waals surface area contributed by atoms with Crippen molar-refractivity contribution in [1.29, 1.82) is 0 Å². The van der Waals surface area contributed by atoms with Crippen molar-refractivity contribution in [3.05, 3.63) is 12.2 Å². The number of hydrogen-bond acceptors (Lipinski definition) is 3. The second kappa shape index (κ2) is 6.19. The topological polar surface area (TPSA) is 77.8 Å². The van der Waals surface area contributed by atoms with E-state index in [4.69, 9.17) is 10.2 Å². The predicted molar refractivity (Wildman–Crippen MR) is 46.1 cm³/mol. The number of aliphatic carboxylic acids is 1. The molecule has 0 bridgehead atoms. The molecule has 0 aromatic rings. The van der Waals surface area contributed by atoms with Gasteiger partial charge in [0.15, 0.2) is 0 Å². The zero-order valence-corrected chi connectivity index (χ0v) is 7.43. The first-order chi connectivity index (χ1) is 6.11. The molecule has 0 saturated heterocycles. The van der Waals surface area contributed by atoms with Crippen LogP contribution in [-0.4, -0.2) is 46.7 Å². The maximum absolute atomic E-state index is 11.1. The Morgan fingerprint density at radius 3 is 2.38 bits per heavy atom. The SMILES string of the molecule is CCN(CCO)C(=O)/C=C/C(=O)O. The van der Waals surface area contributed by atoms with Crippen LogP contribution < -0.4 is 0 Å². The van der Waals surface area contributed by atoms with E-state index in [2.05, 4.69) is 0 Å². The summed E-state index contributed by atoms with van der Waals surface area (Å²) >= 11 is 0. The molecule has 0 spiro atoms. The molecule has 0 aliphatic rings. The molecular weight excluding hydrogens is 174 g/mol. The molecule has 0 aliphatic carbocycles. The van der Waals surface area contributed by atoms with Gasteiger partial charge in [0.2, 0.25) is 5.91 Å². The van der Waals surface area contributed by atoms with E-state index in [1.165, 1.54) is 4.90 Å². The van der Waals surface area contributed by atoms with Crippen molar-refractivity contribution in [1.82, 2.24) is 4.90 Å². The molecule has 0 unspecified atom stereocenters. The first-order valence-electron chi connectivity index (χ1n) is 3.92. The van der Waals surface area contributed by atoms with Crippen LogP contribution in [0.15, 0.2) is 12.2 Å². The van der Waals surface area contributed by atoms with Crippen LogP contribution in [-0.2, 0) is 9.59 Å². The van der Waals surface area contributed by atoms with Crippen molar-refractivity contribution >= 4 is 11.9 Å². The summed E-state index contributed by atoms with van der Waals surface area (Å²) < 4.78 is 0. The van der Waals surface area contributed by atoms with Crippen LogP contribution in [0.3, 0.4) is 0 Å². The van der Waals surface area contributed by atoms with Gasteiger partial charge >= 0.3 is 5.97 Å². The van der Waals surface area contributed by atoms with Gasteiger partial charge in [-0.2, -0.15) is 0 Å². The molecule has 0 radical (unpaired) electrons. The van der Waals surface area contributed by atoms with Crippen molar-refractivity contribution < 1.29 is 19.8 Å². The number of carbonyl (C=O) groups excluding carboxylic acids is 1. The molecule has 5 nitrogen and oxygen atoms in total. The quantitative estimate of drug-likeness (QED) is 0.567. The van der Waals surface area contributed by atoms with Crippen molar-refractivity contribution in [2.75, 3.05) is 19.7 Å². The molecule has 0 atom stereocenters. The summed E-state index contributed by atoms with van der Waals surface area (Å²) in [5.41, 5.74) is 0. The molecular formula is C8H13NO4. The summed E-state index contributed by atoms with van der Waals surface area (Å²) in [6, 6.07) is 0. The molecule has 0 aliphatic heterocycles. The van der Waals surface area contributed by atoms with E-state index >= 15 is 0 Å². The van der Waals surface area contributed by atoms with Gasteiger partial charge in [0.25, 0.3) is 0 Å². The number of carbonyl (C=O) groups is 2. The number of amides is 1. The third-order valence-electron chi connectivity index (χ3n) is 1.43. The van der Waals surface area contributed by atoms with Gasteiger partial charge in [0.1, 0.15) is 0 Å². The van der Waals surface area contributed by atoms with Crippen LogP contribution >= 0.6 is 0 Å². The van der Waals surface area contributed by atoms with Gasteiger partial charge in [0.05, 0.1) is 6.61 Å². The van der Waals surface area contributed by atoms with Crippen LogP contribution in [0.4, 0.5) is 0 Å². The molecule has 74 valence electrons. The third-order valence-corrected chi connectivity index (χ3v) is 1.43. The van der Waals surface area contributed by atoms with Crippen LogP contribution in [0.1, 0.15) is 6.92 Å². The lowest BCUT2D eigenvalue weighted by Gasteiger charge is -2.16. The van der Waals surface area contributed by atoms with E-state index in [-0.39, 0.29) is 13.2 Å². The smallest absolute Gasteiger partial charge is 0.328 e. The van der Waals surface area contributed by atoms with Gasteiger partial charge in [-0.05, 0) is 6.92 Å². The minimum atomic E-state index is -1.16. The van der Waals surface area contributed by atoms with E-state index in [1.54, 1.807) is 6.92 Å². The largest absolute Gasteiger partial charge is 0.478 e. The normalized spacial score (nSPS) is 10.3. The van der Waals surface area contributed by atoms with Crippen LogP contribution in [0, 0.1) is 0 Å². The lowest BCUT2D eigenvalue weighted by atomic mass is 10.4. The van der Waals surface area contributed by atoms with Crippen molar-refractivity contribution in [3.8, 4) is 0 Å². The van der Waals surface area contributed by atoms with Gasteiger partial charge in [0, 0.05) is 25.2 Å². The Morgan fingerprint density at radius 2 is 2.00 bits per heavy atom. The summed E-state index contributed by atoms with van der Waals surface area (Å²) in [6.07, 6.45) is 1.75. The van der Waals surface area contributed by atoms with E-state index in [0.29, 0.717) is 6.54 Å². The number of aliphatic hydroxyl groups excluding tert-OH is 1. The van der Waals surface area contributed by atoms with Crippen molar-refractivity contribution in [2.24, 2.45) is 0 Å². The zero-order valence-electron chi connectivity index (χ0n) is 7.43. The van der Waals surface area contributed by atoms with Gasteiger partial charge < -0.3 is 15.1 Å². The molecule has 0 saturated carbocycles. The molecule has 0 aromatic carbocycles. The molecule has 2 N–H and O–H groups in total. The van der Waals surface area contributed by atoms with E-state index in [9.17, 15) is 9.59 Å². The van der Waals surface area contributed by atoms with Crippen molar-refractivity contribution in [3.63, 3.8) is 0 Å². The summed E-state index contributed by atoms with van der Waals surface area (Å²) in [7, 11) is 0. The maximum atomic E-state index is 11.1. The minimum Gasteiger partial charge on any atom is -0.478 e. The fourth-order valence-corrected chi connectivity index (χ4v) is 0.793. The first-order valence-corrected chi connectivity index (χ1v) is 3.92. The Morgan fingerprint density at radius 1 is 1.38 bits per heavy atom. The monoisotopic (exact) mass is 187 g/mol. The lowest BCUT2D eigenvalue weighted by molar-refractivity contribution is -0.132. The highest BCUT2D eigenvalue weighted by Gasteiger charge is 2.06. The van der Waals surface area contributed by atoms with E-state index < -0.39 is 11.9 Å². The minimum absolute atomic E-state index is 0.125. The van der Waals surface area contributed by atoms with Crippen LogP contribution in [0.5, 0.6) is 0 Å². The third kappa shape index (κ3) is 4.97. The number of nitrogens with zero attached hydrogens (tertiary/aromatic N) is 1. The number of carboxylic acid groups (broad SMARTS) is 1. The van der Waals surface area contributed by atoms with E-state index in [1.807, 2.05) is 0 Å². The highest BCUT2D eigenvalue weighted by Crippen LogP contribution is 1.90. The fraction of sp³-hybridized carbons (Fsp3) is 0.500. The molecule has 0 fully saturated rings. The van der Waals surface area contributed by atoms with Gasteiger partial charge in [-0.3, -0.25) is 4.79 Å². The molecule has 0 heterocycles. The summed E-state index contributed by atoms with van der Waals surface area (Å²) in [6.45, 7) is 2.30. The number of hydrogen-bond donors (Lipinski definition) is 2. The molecule has 1 amide bonds. The predicted octanol–water partition coefficient (Wildman–Crippen LogP) is -0.532. The van der Waals surface area contributed by atoms with Crippen molar-refractivity contribution in [2.45, 2.75) is 6.92 Å². The highest BCUT2D eigenvalue weighted by molar-refractivity contribution is 5.93. The number of aliphatic hydroxyl groups is 1. The molecule has 0 rings (SSSR count). The number of carboxylic acids is 1. The summed E-state index contributed by atoms with van der Waals surface area (Å²) in [4.78, 5) is 22.5. The van der Waals surface area contributed by atoms with E-state index in [0.717, 1.165) is 12.2 Å². The van der Waals surface area contributed by atoms with Crippen LogP contribution in [0.2, 0.25) is 0 Å². The first kappa shape index (κ1) is 11.6. The van der Waals surface area contributed by atoms with Gasteiger partial charge in [-0.15, -0.1) is 0 Å². The van der Waals surface area contributed by atoms with Crippen LogP contribution in [0.25, 0.3) is 0 Å². The standard InChI is InChI=1S/C8H13NO4/c1-2-9(5-6-10)7(11)3-4-8(12)13/h3-4,10H,2,5-6H2,1H3,(H,12,13)/b4-3+. The highest BCUT2D eigenvalue weighted by atomic mass is 16.4. The van der Waals surface area contributed by atoms with Gasteiger partial charge in [-0.25, -0.2) is 4.79 Å². The summed E-state index contributed by atoms with van der Waals surface area (Å²) in [5, 5.41) is 16.8. The molecule has 0 aromatic heterocycles. The lowest BCUT2D eigenvalue weighted by Crippen LogP contribution is -2.31. The number of rotatable bonds is 5. The maximum Gasteiger partial charge on any atom is 0.328 e. The Labute approximate surface area is 76.3 Å². The zero-order chi connectivity index (χ0) is 10.3. The Hall–Kier alpha value is -1.36. The fourth-order valence-electron chi connectivity index (χ4n) is 0.793. The average Bonchev–Trinajstić information content (AvgIpc) is 2.10. The summed E-state index contributed by atoms with van der Waals surface area (Å²) in [5.74, 6) is -1.56.